The van der Waals surface area contributed by atoms with Crippen LogP contribution in [0.15, 0.2) is 35.1 Å². The van der Waals surface area contributed by atoms with Crippen molar-refractivity contribution in [2.24, 2.45) is 0 Å². The topological polar surface area (TPSA) is 119 Å². The normalized spacial score (nSPS) is 16.1. The lowest BCUT2D eigenvalue weighted by molar-refractivity contribution is 0.222. The summed E-state index contributed by atoms with van der Waals surface area (Å²) >= 11 is 0. The van der Waals surface area contributed by atoms with Crippen LogP contribution < -0.4 is 9.46 Å². The molecule has 0 bridgehead atoms. The van der Waals surface area contributed by atoms with E-state index in [2.05, 4.69) is 15.0 Å². The predicted molar refractivity (Wildman–Crippen MR) is 103 cm³/mol. The van der Waals surface area contributed by atoms with E-state index < -0.39 is 14.8 Å². The van der Waals surface area contributed by atoms with Gasteiger partial charge in [0.1, 0.15) is 11.1 Å². The van der Waals surface area contributed by atoms with Crippen molar-refractivity contribution in [3.8, 4) is 5.75 Å². The van der Waals surface area contributed by atoms with E-state index in [1.54, 1.807) is 16.9 Å². The third kappa shape index (κ3) is 3.12. The van der Waals surface area contributed by atoms with Gasteiger partial charge in [-0.15, -0.1) is 0 Å². The Morgan fingerprint density at radius 1 is 1.39 bits per heavy atom. The minimum Gasteiger partial charge on any atom is -0.496 e. The number of aliphatic hydroxyl groups is 1. The van der Waals surface area contributed by atoms with Gasteiger partial charge in [0.2, 0.25) is 10.0 Å². The van der Waals surface area contributed by atoms with E-state index in [1.807, 2.05) is 18.3 Å². The Balaban J connectivity index is 1.69. The van der Waals surface area contributed by atoms with Crippen molar-refractivity contribution in [2.45, 2.75) is 37.0 Å². The lowest BCUT2D eigenvalue weighted by Gasteiger charge is -2.40. The van der Waals surface area contributed by atoms with E-state index in [9.17, 15) is 13.5 Å². The predicted octanol–water partition coefficient (Wildman–Crippen LogP) is 2.13. The molecule has 0 amide bonds. The molecule has 28 heavy (non-hydrogen) atoms. The highest BCUT2D eigenvalue weighted by molar-refractivity contribution is 7.94. The molecule has 0 spiro atoms. The summed E-state index contributed by atoms with van der Waals surface area (Å²) in [5.41, 5.74) is 1.30. The fraction of sp³-hybridized carbons (Fsp3) is 0.444. The zero-order chi connectivity index (χ0) is 19.8. The molecule has 1 aliphatic carbocycles. The molecule has 2 aromatic heterocycles. The molecule has 1 aromatic carbocycles. The minimum absolute atomic E-state index is 0.0988. The number of nitrogens with zero attached hydrogens (tertiary/aromatic N) is 3. The van der Waals surface area contributed by atoms with E-state index in [4.69, 9.17) is 9.26 Å². The molecule has 10 heteroatoms. The van der Waals surface area contributed by atoms with Gasteiger partial charge in [-0.3, -0.25) is 9.40 Å². The van der Waals surface area contributed by atoms with E-state index in [1.165, 1.54) is 7.11 Å². The van der Waals surface area contributed by atoms with Crippen molar-refractivity contribution in [3.05, 3.63) is 36.2 Å². The second kappa shape index (κ2) is 7.10. The molecule has 1 aliphatic rings. The molecule has 150 valence electrons. The van der Waals surface area contributed by atoms with Crippen LogP contribution in [0.5, 0.6) is 5.75 Å². The summed E-state index contributed by atoms with van der Waals surface area (Å²) < 4.78 is 40.1. The van der Waals surface area contributed by atoms with Gasteiger partial charge in [-0.2, -0.15) is 5.10 Å². The number of methoxy groups -OCH3 is 1. The van der Waals surface area contributed by atoms with Crippen LogP contribution >= 0.6 is 0 Å². The average molecular weight is 406 g/mol. The van der Waals surface area contributed by atoms with Crippen molar-refractivity contribution in [1.82, 2.24) is 14.9 Å². The van der Waals surface area contributed by atoms with Gasteiger partial charge in [-0.05, 0) is 43.0 Å². The van der Waals surface area contributed by atoms with Gasteiger partial charge in [0.05, 0.1) is 18.4 Å². The molecule has 4 rings (SSSR count). The van der Waals surface area contributed by atoms with Crippen LogP contribution in [0.25, 0.3) is 11.0 Å². The van der Waals surface area contributed by atoms with Crippen molar-refractivity contribution in [2.75, 3.05) is 18.4 Å². The maximum absolute atomic E-state index is 13.0. The SMILES string of the molecule is COc1cc(Cn2cccn2)cc2onc(NS(=O)(=O)C3(CCO)CCC3)c12. The van der Waals surface area contributed by atoms with Gasteiger partial charge >= 0.3 is 0 Å². The van der Waals surface area contributed by atoms with Gasteiger partial charge in [0.15, 0.2) is 11.4 Å². The second-order valence-corrected chi connectivity index (χ2v) is 9.10. The first-order chi connectivity index (χ1) is 13.5. The minimum atomic E-state index is -3.74. The second-order valence-electron chi connectivity index (χ2n) is 7.02. The summed E-state index contributed by atoms with van der Waals surface area (Å²) in [5, 5.41) is 17.9. The Morgan fingerprint density at radius 3 is 2.82 bits per heavy atom. The zero-order valence-electron chi connectivity index (χ0n) is 15.5. The summed E-state index contributed by atoms with van der Waals surface area (Å²) in [7, 11) is -2.23. The van der Waals surface area contributed by atoms with Crippen molar-refractivity contribution in [1.29, 1.82) is 0 Å². The van der Waals surface area contributed by atoms with Gasteiger partial charge < -0.3 is 14.4 Å². The molecule has 1 fully saturated rings. The summed E-state index contributed by atoms with van der Waals surface area (Å²) in [6, 6.07) is 5.43. The van der Waals surface area contributed by atoms with Crippen LogP contribution in [-0.2, 0) is 16.6 Å². The van der Waals surface area contributed by atoms with Crippen molar-refractivity contribution < 1.29 is 22.8 Å². The Kier molecular flexibility index (Phi) is 4.76. The lowest BCUT2D eigenvalue weighted by atomic mass is 9.82. The number of rotatable bonds is 8. The largest absolute Gasteiger partial charge is 0.496 e. The number of aromatic nitrogens is 3. The first-order valence-electron chi connectivity index (χ1n) is 9.05. The van der Waals surface area contributed by atoms with E-state index >= 15 is 0 Å². The molecule has 3 aromatic rings. The number of nitrogens with one attached hydrogen (secondary N) is 1. The number of anilines is 1. The van der Waals surface area contributed by atoms with E-state index in [-0.39, 0.29) is 18.8 Å². The molecule has 9 nitrogen and oxygen atoms in total. The fourth-order valence-electron chi connectivity index (χ4n) is 3.66. The molecular weight excluding hydrogens is 384 g/mol. The summed E-state index contributed by atoms with van der Waals surface area (Å²) in [6.07, 6.45) is 5.59. The fourth-order valence-corrected chi connectivity index (χ4v) is 5.45. The van der Waals surface area contributed by atoms with Crippen LogP contribution in [0.4, 0.5) is 5.82 Å². The number of fused-ring (bicyclic) bond motifs is 1. The molecule has 0 unspecified atom stereocenters. The summed E-state index contributed by atoms with van der Waals surface area (Å²) in [4.78, 5) is 0. The number of benzene rings is 1. The van der Waals surface area contributed by atoms with Crippen LogP contribution in [0.3, 0.4) is 0 Å². The van der Waals surface area contributed by atoms with Crippen LogP contribution in [0.1, 0.15) is 31.2 Å². The smallest absolute Gasteiger partial charge is 0.239 e. The van der Waals surface area contributed by atoms with E-state index in [0.717, 1.165) is 12.0 Å². The Bertz CT molecular complexity index is 1070. The van der Waals surface area contributed by atoms with Crippen LogP contribution in [-0.4, -0.2) is 46.9 Å². The highest BCUT2D eigenvalue weighted by atomic mass is 32.2. The van der Waals surface area contributed by atoms with Crippen molar-refractivity contribution in [3.63, 3.8) is 0 Å². The van der Waals surface area contributed by atoms with Crippen molar-refractivity contribution >= 4 is 26.8 Å². The summed E-state index contributed by atoms with van der Waals surface area (Å²) in [6.45, 7) is 0.335. The van der Waals surface area contributed by atoms with Crippen LogP contribution in [0.2, 0.25) is 0 Å². The van der Waals surface area contributed by atoms with E-state index in [0.29, 0.717) is 36.1 Å². The Morgan fingerprint density at radius 2 is 2.21 bits per heavy atom. The molecule has 0 saturated heterocycles. The standard InChI is InChI=1S/C18H22N4O5S/c1-26-14-10-13(12-22-8-3-7-19-22)11-15-16(14)17(20-27-15)21-28(24,25)18(6-9-23)4-2-5-18/h3,7-8,10-11,23H,2,4-6,9,12H2,1H3,(H,20,21). The first-order valence-corrected chi connectivity index (χ1v) is 10.5. The number of aliphatic hydroxyl groups excluding tert-OH is 1. The molecule has 0 atom stereocenters. The van der Waals surface area contributed by atoms with Gasteiger partial charge in [0.25, 0.3) is 0 Å². The number of hydrogen-bond acceptors (Lipinski definition) is 7. The molecular formula is C18H22N4O5S. The number of hydrogen-bond donors (Lipinski definition) is 2. The lowest BCUT2D eigenvalue weighted by Crippen LogP contribution is -2.48. The summed E-state index contributed by atoms with van der Waals surface area (Å²) in [5.74, 6) is 0.560. The molecule has 1 saturated carbocycles. The van der Waals surface area contributed by atoms with Gasteiger partial charge in [-0.25, -0.2) is 8.42 Å². The highest BCUT2D eigenvalue weighted by Gasteiger charge is 2.49. The zero-order valence-corrected chi connectivity index (χ0v) is 16.3. The van der Waals surface area contributed by atoms with Gasteiger partial charge in [-0.1, -0.05) is 11.6 Å². The third-order valence-electron chi connectivity index (χ3n) is 5.35. The molecule has 2 heterocycles. The quantitative estimate of drug-likeness (QED) is 0.588. The molecule has 2 N–H and O–H groups in total. The first kappa shape index (κ1) is 18.8. The van der Waals surface area contributed by atoms with Crippen LogP contribution in [0, 0.1) is 0 Å². The average Bonchev–Trinajstić information content (AvgIpc) is 3.27. The maximum atomic E-state index is 13.0. The number of sulfonamides is 1. The Labute approximate surface area is 162 Å². The highest BCUT2D eigenvalue weighted by Crippen LogP contribution is 2.43. The third-order valence-corrected chi connectivity index (χ3v) is 7.57. The molecule has 0 radical (unpaired) electrons. The maximum Gasteiger partial charge on any atom is 0.239 e. The monoisotopic (exact) mass is 406 g/mol. The van der Waals surface area contributed by atoms with Gasteiger partial charge in [0, 0.05) is 19.0 Å². The number of ether oxygens (including phenoxy) is 1. The Hall–Kier alpha value is -2.59. The molecule has 0 aliphatic heterocycles.